The van der Waals surface area contributed by atoms with Gasteiger partial charge in [0.2, 0.25) is 5.91 Å². The standard InChI is InChI=1S/C22H29NO4/c1-4-8-19-11-15(2)16(3)20(27-19)13-21(24)23-18(14-26-22(23)25)12-17-9-6-5-7-10-17/h4-7,9-10,15-16,18-20H,1,8,11-14H2,2-3H3/t15-,16+,18+,19-,20-/m1/s1. The fourth-order valence-corrected chi connectivity index (χ4v) is 4.07. The van der Waals surface area contributed by atoms with Crippen molar-refractivity contribution in [3.8, 4) is 0 Å². The highest BCUT2D eigenvalue weighted by molar-refractivity contribution is 5.93. The Morgan fingerprint density at radius 3 is 2.74 bits per heavy atom. The number of ether oxygens (including phenoxy) is 2. The minimum absolute atomic E-state index is 0.0946. The normalized spacial score (nSPS) is 30.8. The Morgan fingerprint density at radius 1 is 1.30 bits per heavy atom. The molecule has 27 heavy (non-hydrogen) atoms. The van der Waals surface area contributed by atoms with E-state index in [9.17, 15) is 9.59 Å². The largest absolute Gasteiger partial charge is 0.447 e. The van der Waals surface area contributed by atoms with E-state index in [-0.39, 0.29) is 43.1 Å². The van der Waals surface area contributed by atoms with Crippen molar-refractivity contribution in [2.45, 2.75) is 57.8 Å². The highest BCUT2D eigenvalue weighted by Crippen LogP contribution is 2.34. The lowest BCUT2D eigenvalue weighted by Crippen LogP contribution is -2.45. The number of imide groups is 1. The Labute approximate surface area is 161 Å². The van der Waals surface area contributed by atoms with Gasteiger partial charge in [-0.1, -0.05) is 50.3 Å². The van der Waals surface area contributed by atoms with Crippen molar-refractivity contribution in [3.63, 3.8) is 0 Å². The van der Waals surface area contributed by atoms with Gasteiger partial charge in [0.15, 0.2) is 0 Å². The molecular formula is C22H29NO4. The van der Waals surface area contributed by atoms with Gasteiger partial charge in [-0.05, 0) is 36.7 Å². The van der Waals surface area contributed by atoms with E-state index < -0.39 is 6.09 Å². The van der Waals surface area contributed by atoms with Crippen molar-refractivity contribution < 1.29 is 19.1 Å². The van der Waals surface area contributed by atoms with Crippen LogP contribution in [0.25, 0.3) is 0 Å². The zero-order chi connectivity index (χ0) is 19.4. The van der Waals surface area contributed by atoms with Crippen LogP contribution >= 0.6 is 0 Å². The SMILES string of the molecule is C=CC[C@@H]1C[C@@H](C)[C@H](C)[C@@H](CC(=O)N2C(=O)OC[C@@H]2Cc2ccccc2)O1. The van der Waals surface area contributed by atoms with Gasteiger partial charge in [0, 0.05) is 0 Å². The van der Waals surface area contributed by atoms with Crippen molar-refractivity contribution in [2.75, 3.05) is 6.61 Å². The molecule has 2 aliphatic heterocycles. The first-order chi connectivity index (χ1) is 13.0. The molecule has 1 aromatic carbocycles. The molecule has 0 spiro atoms. The Bertz CT molecular complexity index is 674. The van der Waals surface area contributed by atoms with Crippen LogP contribution in [-0.4, -0.2) is 41.8 Å². The maximum absolute atomic E-state index is 13.0. The first-order valence-electron chi connectivity index (χ1n) is 9.78. The van der Waals surface area contributed by atoms with Crippen molar-refractivity contribution in [1.82, 2.24) is 4.90 Å². The lowest BCUT2D eigenvalue weighted by molar-refractivity contribution is -0.141. The molecule has 2 heterocycles. The molecule has 0 saturated carbocycles. The Kier molecular flexibility index (Phi) is 6.32. The summed E-state index contributed by atoms with van der Waals surface area (Å²) < 4.78 is 11.3. The third kappa shape index (κ3) is 4.59. The van der Waals surface area contributed by atoms with Gasteiger partial charge in [0.25, 0.3) is 0 Å². The van der Waals surface area contributed by atoms with Gasteiger partial charge in [0.05, 0.1) is 24.7 Å². The molecule has 2 saturated heterocycles. The lowest BCUT2D eigenvalue weighted by atomic mass is 9.81. The Balaban J connectivity index is 1.67. The summed E-state index contributed by atoms with van der Waals surface area (Å²) in [6, 6.07) is 9.60. The van der Waals surface area contributed by atoms with Crippen LogP contribution in [0.3, 0.4) is 0 Å². The number of hydrogen-bond acceptors (Lipinski definition) is 4. The van der Waals surface area contributed by atoms with E-state index in [1.807, 2.05) is 36.4 Å². The second-order valence-corrected chi connectivity index (χ2v) is 7.78. The first kappa shape index (κ1) is 19.6. The molecule has 5 nitrogen and oxygen atoms in total. The second-order valence-electron chi connectivity index (χ2n) is 7.78. The monoisotopic (exact) mass is 371 g/mol. The second kappa shape index (κ2) is 8.70. The number of cyclic esters (lactones) is 1. The number of carbonyl (C=O) groups excluding carboxylic acids is 2. The summed E-state index contributed by atoms with van der Waals surface area (Å²) in [6.07, 6.45) is 3.80. The van der Waals surface area contributed by atoms with Gasteiger partial charge in [0.1, 0.15) is 6.61 Å². The van der Waals surface area contributed by atoms with E-state index in [1.165, 1.54) is 4.90 Å². The summed E-state index contributed by atoms with van der Waals surface area (Å²) in [5.74, 6) is 0.523. The molecule has 2 amide bonds. The van der Waals surface area contributed by atoms with E-state index >= 15 is 0 Å². The molecule has 3 rings (SSSR count). The van der Waals surface area contributed by atoms with Gasteiger partial charge in [-0.3, -0.25) is 4.79 Å². The van der Waals surface area contributed by atoms with Crippen LogP contribution in [0.15, 0.2) is 43.0 Å². The minimum Gasteiger partial charge on any atom is -0.447 e. The molecule has 0 radical (unpaired) electrons. The van der Waals surface area contributed by atoms with E-state index in [4.69, 9.17) is 9.47 Å². The van der Waals surface area contributed by atoms with E-state index in [0.717, 1.165) is 18.4 Å². The quantitative estimate of drug-likeness (QED) is 0.710. The highest BCUT2D eigenvalue weighted by atomic mass is 16.6. The zero-order valence-corrected chi connectivity index (χ0v) is 16.2. The fourth-order valence-electron chi connectivity index (χ4n) is 4.07. The number of hydrogen-bond donors (Lipinski definition) is 0. The topological polar surface area (TPSA) is 55.8 Å². The molecule has 0 N–H and O–H groups in total. The summed E-state index contributed by atoms with van der Waals surface area (Å²) in [7, 11) is 0. The maximum atomic E-state index is 13.0. The summed E-state index contributed by atoms with van der Waals surface area (Å²) >= 11 is 0. The van der Waals surface area contributed by atoms with Gasteiger partial charge >= 0.3 is 6.09 Å². The molecule has 146 valence electrons. The number of benzene rings is 1. The molecule has 2 aliphatic rings. The molecular weight excluding hydrogens is 342 g/mol. The molecule has 5 atom stereocenters. The van der Waals surface area contributed by atoms with Crippen LogP contribution in [0, 0.1) is 11.8 Å². The average molecular weight is 371 g/mol. The number of rotatable bonds is 6. The molecule has 0 aromatic heterocycles. The van der Waals surface area contributed by atoms with Crippen molar-refractivity contribution in [2.24, 2.45) is 11.8 Å². The lowest BCUT2D eigenvalue weighted by Gasteiger charge is -2.39. The molecule has 1 aromatic rings. The van der Waals surface area contributed by atoms with Crippen LogP contribution in [0.5, 0.6) is 0 Å². The number of nitrogens with zero attached hydrogens (tertiary/aromatic N) is 1. The first-order valence-corrected chi connectivity index (χ1v) is 9.78. The molecule has 0 bridgehead atoms. The Hall–Kier alpha value is -2.14. The predicted octanol–water partition coefficient (Wildman–Crippen LogP) is 3.97. The number of amides is 2. The van der Waals surface area contributed by atoms with Gasteiger partial charge in [-0.2, -0.15) is 0 Å². The number of carbonyl (C=O) groups is 2. The van der Waals surface area contributed by atoms with Gasteiger partial charge in [-0.25, -0.2) is 9.69 Å². The third-order valence-electron chi connectivity index (χ3n) is 5.84. The predicted molar refractivity (Wildman–Crippen MR) is 103 cm³/mol. The van der Waals surface area contributed by atoms with E-state index in [2.05, 4.69) is 20.4 Å². The molecule has 5 heteroatoms. The maximum Gasteiger partial charge on any atom is 0.416 e. The van der Waals surface area contributed by atoms with E-state index in [0.29, 0.717) is 12.3 Å². The van der Waals surface area contributed by atoms with Crippen molar-refractivity contribution >= 4 is 12.0 Å². The van der Waals surface area contributed by atoms with Gasteiger partial charge in [-0.15, -0.1) is 6.58 Å². The minimum atomic E-state index is -0.542. The Morgan fingerprint density at radius 2 is 2.04 bits per heavy atom. The van der Waals surface area contributed by atoms with Crippen molar-refractivity contribution in [1.29, 1.82) is 0 Å². The molecule has 0 unspecified atom stereocenters. The van der Waals surface area contributed by atoms with E-state index in [1.54, 1.807) is 0 Å². The summed E-state index contributed by atoms with van der Waals surface area (Å²) in [4.78, 5) is 26.5. The van der Waals surface area contributed by atoms with Crippen LogP contribution in [0.1, 0.15) is 38.7 Å². The highest BCUT2D eigenvalue weighted by Gasteiger charge is 2.41. The van der Waals surface area contributed by atoms with Gasteiger partial charge < -0.3 is 9.47 Å². The average Bonchev–Trinajstić information content (AvgIpc) is 3.00. The summed E-state index contributed by atoms with van der Waals surface area (Å²) in [6.45, 7) is 8.36. The summed E-state index contributed by atoms with van der Waals surface area (Å²) in [5.41, 5.74) is 1.08. The van der Waals surface area contributed by atoms with Crippen LogP contribution in [-0.2, 0) is 20.7 Å². The summed E-state index contributed by atoms with van der Waals surface area (Å²) in [5, 5.41) is 0. The van der Waals surface area contributed by atoms with Crippen molar-refractivity contribution in [3.05, 3.63) is 48.6 Å². The smallest absolute Gasteiger partial charge is 0.416 e. The molecule has 2 fully saturated rings. The molecule has 0 aliphatic carbocycles. The van der Waals surface area contributed by atoms with Crippen LogP contribution in [0.4, 0.5) is 4.79 Å². The fraction of sp³-hybridized carbons (Fsp3) is 0.545. The zero-order valence-electron chi connectivity index (χ0n) is 16.2. The third-order valence-corrected chi connectivity index (χ3v) is 5.84. The van der Waals surface area contributed by atoms with Crippen LogP contribution in [0.2, 0.25) is 0 Å². The van der Waals surface area contributed by atoms with Crippen LogP contribution < -0.4 is 0 Å².